The zero-order chi connectivity index (χ0) is 13.7. The number of likely N-dealkylation sites (N-methyl/N-ethyl adjacent to an activating group) is 1. The van der Waals surface area contributed by atoms with E-state index in [2.05, 4.69) is 0 Å². The topological polar surface area (TPSA) is 107 Å². The number of fused-ring (bicyclic) bond motifs is 2. The molecule has 2 aliphatic rings. The maximum Gasteiger partial charge on any atom is 0.211 e. The largest absolute Gasteiger partial charge is 0.393 e. The van der Waals surface area contributed by atoms with Gasteiger partial charge in [0.25, 0.3) is 0 Å². The summed E-state index contributed by atoms with van der Waals surface area (Å²) in [5.41, 5.74) is -1.15. The highest BCUT2D eigenvalue weighted by Gasteiger charge is 2.59. The Morgan fingerprint density at radius 2 is 2.06 bits per heavy atom. The summed E-state index contributed by atoms with van der Waals surface area (Å²) >= 11 is 0. The molecule has 2 heterocycles. The zero-order valence-electron chi connectivity index (χ0n) is 10.4. The van der Waals surface area contributed by atoms with Gasteiger partial charge in [-0.05, 0) is 12.8 Å². The molecule has 2 bridgehead atoms. The van der Waals surface area contributed by atoms with Gasteiger partial charge >= 0.3 is 0 Å². The molecule has 7 nitrogen and oxygen atoms in total. The van der Waals surface area contributed by atoms with Crippen LogP contribution in [0.1, 0.15) is 12.8 Å². The van der Waals surface area contributed by atoms with Crippen LogP contribution in [0.2, 0.25) is 0 Å². The van der Waals surface area contributed by atoms with Crippen LogP contribution in [0.3, 0.4) is 0 Å². The second-order valence-corrected chi connectivity index (χ2v) is 7.17. The summed E-state index contributed by atoms with van der Waals surface area (Å²) in [6, 6.07) is -0.822. The van der Waals surface area contributed by atoms with E-state index in [0.717, 1.165) is 10.6 Å². The van der Waals surface area contributed by atoms with Crippen molar-refractivity contribution in [3.05, 3.63) is 0 Å². The average Bonchev–Trinajstić information content (AvgIpc) is 2.68. The molecule has 0 aromatic rings. The standard InChI is InChI=1S/C10H19NO6S/c1-11(18(2,15)16)7-6-3-4-10(5-12,17-6)9(14)8(7)13/h6-9,12-14H,3-5H2,1-2H3/t6-,7+,8-,9-,10-/m1/s1. The van der Waals surface area contributed by atoms with Gasteiger partial charge in [-0.3, -0.25) is 0 Å². The molecule has 8 heteroatoms. The molecular weight excluding hydrogens is 262 g/mol. The molecule has 0 aromatic carbocycles. The Balaban J connectivity index is 2.31. The Morgan fingerprint density at radius 3 is 2.56 bits per heavy atom. The summed E-state index contributed by atoms with van der Waals surface area (Å²) in [6.07, 6.45) is -1.13. The van der Waals surface area contributed by atoms with Crippen molar-refractivity contribution in [1.82, 2.24) is 4.31 Å². The first-order valence-corrected chi connectivity index (χ1v) is 7.65. The van der Waals surface area contributed by atoms with Crippen LogP contribution in [0.5, 0.6) is 0 Å². The molecule has 2 aliphatic heterocycles. The Labute approximate surface area is 106 Å². The van der Waals surface area contributed by atoms with E-state index in [1.165, 1.54) is 7.05 Å². The van der Waals surface area contributed by atoms with E-state index in [-0.39, 0.29) is 0 Å². The van der Waals surface area contributed by atoms with Crippen LogP contribution < -0.4 is 0 Å². The second-order valence-electron chi connectivity index (χ2n) is 5.12. The minimum absolute atomic E-state index is 0.392. The zero-order valence-corrected chi connectivity index (χ0v) is 11.2. The molecule has 0 spiro atoms. The quantitative estimate of drug-likeness (QED) is 0.546. The van der Waals surface area contributed by atoms with Crippen LogP contribution in [-0.2, 0) is 14.8 Å². The molecule has 0 aliphatic carbocycles. The van der Waals surface area contributed by atoms with E-state index in [1.54, 1.807) is 0 Å². The molecule has 0 saturated carbocycles. The molecule has 0 radical (unpaired) electrons. The maximum absolute atomic E-state index is 11.5. The summed E-state index contributed by atoms with van der Waals surface area (Å²) in [7, 11) is -2.14. The maximum atomic E-state index is 11.5. The van der Waals surface area contributed by atoms with Crippen molar-refractivity contribution in [1.29, 1.82) is 0 Å². The van der Waals surface area contributed by atoms with Crippen LogP contribution in [0, 0.1) is 0 Å². The van der Waals surface area contributed by atoms with E-state index >= 15 is 0 Å². The van der Waals surface area contributed by atoms with Crippen LogP contribution in [0.4, 0.5) is 0 Å². The number of hydrogen-bond donors (Lipinski definition) is 3. The SMILES string of the molecule is CN([C@@H]1[C@@H](O)[C@@H](O)[C@]2(CO)CC[C@H]1O2)S(C)(=O)=O. The monoisotopic (exact) mass is 281 g/mol. The highest BCUT2D eigenvalue weighted by atomic mass is 32.2. The summed E-state index contributed by atoms with van der Waals surface area (Å²) < 4.78 is 29.7. The van der Waals surface area contributed by atoms with Crippen molar-refractivity contribution in [3.63, 3.8) is 0 Å². The molecule has 5 atom stereocenters. The van der Waals surface area contributed by atoms with Gasteiger partial charge in [-0.15, -0.1) is 0 Å². The van der Waals surface area contributed by atoms with Gasteiger partial charge in [0, 0.05) is 7.05 Å². The molecule has 0 aromatic heterocycles. The molecule has 2 saturated heterocycles. The molecule has 106 valence electrons. The van der Waals surface area contributed by atoms with Crippen LogP contribution in [0.25, 0.3) is 0 Å². The lowest BCUT2D eigenvalue weighted by Crippen LogP contribution is -2.65. The smallest absolute Gasteiger partial charge is 0.211 e. The fourth-order valence-electron chi connectivity index (χ4n) is 2.86. The fraction of sp³-hybridized carbons (Fsp3) is 1.00. The van der Waals surface area contributed by atoms with Gasteiger partial charge in [0.1, 0.15) is 17.8 Å². The lowest BCUT2D eigenvalue weighted by Gasteiger charge is -2.46. The Bertz CT molecular complexity index is 426. The van der Waals surface area contributed by atoms with Gasteiger partial charge in [-0.2, -0.15) is 4.31 Å². The number of hydrogen-bond acceptors (Lipinski definition) is 6. The Kier molecular flexibility index (Phi) is 3.46. The van der Waals surface area contributed by atoms with E-state index in [9.17, 15) is 23.7 Å². The first-order valence-electron chi connectivity index (χ1n) is 5.81. The predicted molar refractivity (Wildman–Crippen MR) is 62.3 cm³/mol. The minimum atomic E-state index is -3.49. The summed E-state index contributed by atoms with van der Waals surface area (Å²) in [4.78, 5) is 0. The number of nitrogens with zero attached hydrogens (tertiary/aromatic N) is 1. The van der Waals surface area contributed by atoms with Gasteiger partial charge in [0.05, 0.1) is 25.0 Å². The lowest BCUT2D eigenvalue weighted by molar-refractivity contribution is -0.227. The number of ether oxygens (including phenoxy) is 1. The number of aliphatic hydroxyl groups excluding tert-OH is 3. The van der Waals surface area contributed by atoms with Crippen LogP contribution >= 0.6 is 0 Å². The number of rotatable bonds is 3. The lowest BCUT2D eigenvalue weighted by atomic mass is 9.88. The third-order valence-electron chi connectivity index (χ3n) is 4.04. The van der Waals surface area contributed by atoms with Crippen LogP contribution in [0.15, 0.2) is 0 Å². The average molecular weight is 281 g/mol. The van der Waals surface area contributed by atoms with Crippen molar-refractivity contribution in [2.75, 3.05) is 19.9 Å². The molecule has 0 amide bonds. The van der Waals surface area contributed by atoms with Gasteiger partial charge < -0.3 is 20.1 Å². The van der Waals surface area contributed by atoms with Crippen molar-refractivity contribution in [3.8, 4) is 0 Å². The van der Waals surface area contributed by atoms with Crippen molar-refractivity contribution >= 4 is 10.0 Å². The molecule has 2 rings (SSSR count). The Morgan fingerprint density at radius 1 is 1.44 bits per heavy atom. The molecule has 0 unspecified atom stereocenters. The molecule has 3 N–H and O–H groups in total. The van der Waals surface area contributed by atoms with Crippen molar-refractivity contribution in [2.45, 2.75) is 42.8 Å². The van der Waals surface area contributed by atoms with Crippen molar-refractivity contribution in [2.24, 2.45) is 0 Å². The Hall–Kier alpha value is -0.250. The molecular formula is C10H19NO6S. The minimum Gasteiger partial charge on any atom is -0.393 e. The summed E-state index contributed by atoms with van der Waals surface area (Å²) in [5.74, 6) is 0. The fourth-order valence-corrected chi connectivity index (χ4v) is 3.56. The number of aliphatic hydroxyl groups is 3. The van der Waals surface area contributed by atoms with E-state index in [0.29, 0.717) is 12.8 Å². The van der Waals surface area contributed by atoms with Gasteiger partial charge in [0.2, 0.25) is 10.0 Å². The predicted octanol–water partition coefficient (Wildman–Crippen LogP) is -2.11. The number of sulfonamides is 1. The van der Waals surface area contributed by atoms with Crippen LogP contribution in [-0.4, -0.2) is 77.9 Å². The highest BCUT2D eigenvalue weighted by molar-refractivity contribution is 7.88. The third-order valence-corrected chi connectivity index (χ3v) is 5.33. The van der Waals surface area contributed by atoms with Crippen molar-refractivity contribution < 1.29 is 28.5 Å². The van der Waals surface area contributed by atoms with Gasteiger partial charge in [-0.25, -0.2) is 8.42 Å². The van der Waals surface area contributed by atoms with Gasteiger partial charge in [0.15, 0.2) is 0 Å². The summed E-state index contributed by atoms with van der Waals surface area (Å²) in [6.45, 7) is -0.392. The van der Waals surface area contributed by atoms with E-state index < -0.39 is 46.6 Å². The molecule has 2 fully saturated rings. The van der Waals surface area contributed by atoms with E-state index in [1.807, 2.05) is 0 Å². The summed E-state index contributed by atoms with van der Waals surface area (Å²) in [5, 5.41) is 29.5. The van der Waals surface area contributed by atoms with E-state index in [4.69, 9.17) is 4.74 Å². The first-order chi connectivity index (χ1) is 8.23. The first kappa shape index (κ1) is 14.2. The molecule has 18 heavy (non-hydrogen) atoms. The van der Waals surface area contributed by atoms with Gasteiger partial charge in [-0.1, -0.05) is 0 Å². The highest BCUT2D eigenvalue weighted by Crippen LogP contribution is 2.43. The third kappa shape index (κ3) is 1.97. The second kappa shape index (κ2) is 4.39. The normalized spacial score (nSPS) is 44.6.